The average molecular weight is 414 g/mol. The summed E-state index contributed by atoms with van der Waals surface area (Å²) in [5.74, 6) is 1.01. The number of phosphoric ester groups is 1. The highest BCUT2D eigenvalue weighted by Gasteiger charge is 2.33. The number of carbonyl (C=O) groups excluding carboxylic acids is 1. The minimum Gasteiger partial charge on any atom is -0.466 e. The molecule has 3 rings (SSSR count). The maximum atomic E-state index is 13.1. The van der Waals surface area contributed by atoms with Gasteiger partial charge in [0.1, 0.15) is 17.2 Å². The van der Waals surface area contributed by atoms with Gasteiger partial charge in [0, 0.05) is 6.92 Å². The molecule has 0 aliphatic carbocycles. The van der Waals surface area contributed by atoms with Gasteiger partial charge in [0.25, 0.3) is 0 Å². The maximum Gasteiger partial charge on any atom is 0.647 e. The molecule has 3 aromatic rings. The molecule has 0 N–H and O–H groups in total. The first kappa shape index (κ1) is 22.1. The fraction of sp³-hybridized carbons (Fsp3) is 0.136. The zero-order valence-electron chi connectivity index (χ0n) is 16.3. The highest BCUT2D eigenvalue weighted by atomic mass is 31.2. The number of para-hydroxylation sites is 3. The van der Waals surface area contributed by atoms with Crippen molar-refractivity contribution in [2.75, 3.05) is 6.61 Å². The Morgan fingerprint density at radius 1 is 0.690 bits per heavy atom. The Labute approximate surface area is 170 Å². The Bertz CT molecular complexity index is 792. The largest absolute Gasteiger partial charge is 0.647 e. The van der Waals surface area contributed by atoms with Gasteiger partial charge in [0.15, 0.2) is 0 Å². The molecular formula is C22H23O6P. The summed E-state index contributed by atoms with van der Waals surface area (Å²) in [5, 5.41) is 0. The second-order valence-corrected chi connectivity index (χ2v) is 7.03. The van der Waals surface area contributed by atoms with Gasteiger partial charge in [-0.05, 0) is 43.3 Å². The molecule has 0 saturated heterocycles. The van der Waals surface area contributed by atoms with Crippen LogP contribution in [0.4, 0.5) is 0 Å². The van der Waals surface area contributed by atoms with Crippen molar-refractivity contribution in [3.63, 3.8) is 0 Å². The minimum atomic E-state index is -3.89. The Morgan fingerprint density at radius 2 is 1.00 bits per heavy atom. The highest BCUT2D eigenvalue weighted by molar-refractivity contribution is 7.49. The van der Waals surface area contributed by atoms with Crippen molar-refractivity contribution in [1.82, 2.24) is 0 Å². The van der Waals surface area contributed by atoms with Crippen molar-refractivity contribution in [2.24, 2.45) is 0 Å². The zero-order valence-corrected chi connectivity index (χ0v) is 17.2. The van der Waals surface area contributed by atoms with Crippen molar-refractivity contribution in [2.45, 2.75) is 13.8 Å². The predicted octanol–water partition coefficient (Wildman–Crippen LogP) is 5.90. The summed E-state index contributed by atoms with van der Waals surface area (Å²) < 4.78 is 34.0. The van der Waals surface area contributed by atoms with Gasteiger partial charge in [-0.25, -0.2) is 0 Å². The SMILES string of the molecule is CCOC(C)=O.O=P(Oc1ccccc1)(Oc1ccccc1)Oc1ccccc1. The molecule has 0 aromatic heterocycles. The molecule has 152 valence electrons. The normalized spacial score (nSPS) is 10.1. The molecule has 7 heteroatoms. The molecule has 0 saturated carbocycles. The van der Waals surface area contributed by atoms with Crippen LogP contribution in [0, 0.1) is 0 Å². The van der Waals surface area contributed by atoms with E-state index in [0.717, 1.165) is 0 Å². The summed E-state index contributed by atoms with van der Waals surface area (Å²) in [6.45, 7) is 3.65. The van der Waals surface area contributed by atoms with E-state index in [1.165, 1.54) is 6.92 Å². The van der Waals surface area contributed by atoms with Crippen molar-refractivity contribution >= 4 is 13.8 Å². The van der Waals surface area contributed by atoms with Gasteiger partial charge in [-0.2, -0.15) is 4.57 Å². The average Bonchev–Trinajstić information content (AvgIpc) is 2.70. The number of benzene rings is 3. The third kappa shape index (κ3) is 8.54. The van der Waals surface area contributed by atoms with Crippen molar-refractivity contribution in [3.8, 4) is 17.2 Å². The van der Waals surface area contributed by atoms with E-state index in [2.05, 4.69) is 4.74 Å². The van der Waals surface area contributed by atoms with Crippen LogP contribution in [-0.2, 0) is 14.1 Å². The third-order valence-corrected chi connectivity index (χ3v) is 4.53. The van der Waals surface area contributed by atoms with E-state index in [1.54, 1.807) is 79.7 Å². The van der Waals surface area contributed by atoms with E-state index < -0.39 is 7.82 Å². The Balaban J connectivity index is 0.000000438. The van der Waals surface area contributed by atoms with Crippen LogP contribution in [0.5, 0.6) is 17.2 Å². The van der Waals surface area contributed by atoms with Gasteiger partial charge in [-0.1, -0.05) is 54.6 Å². The quantitative estimate of drug-likeness (QED) is 0.354. The monoisotopic (exact) mass is 414 g/mol. The van der Waals surface area contributed by atoms with Crippen molar-refractivity contribution in [1.29, 1.82) is 0 Å². The third-order valence-electron chi connectivity index (χ3n) is 3.23. The first-order valence-electron chi connectivity index (χ1n) is 8.98. The standard InChI is InChI=1S/C18H15O4P.C4H8O2/c19-23(20-16-10-4-1-5-11-16,21-17-12-6-2-7-13-17)22-18-14-8-3-9-15-18;1-3-6-4(2)5/h1-15H;3H2,1-2H3. The number of hydrogen-bond acceptors (Lipinski definition) is 6. The number of esters is 1. The van der Waals surface area contributed by atoms with Crippen LogP contribution < -0.4 is 13.6 Å². The van der Waals surface area contributed by atoms with Crippen molar-refractivity contribution in [3.05, 3.63) is 91.0 Å². The van der Waals surface area contributed by atoms with E-state index in [0.29, 0.717) is 23.9 Å². The maximum absolute atomic E-state index is 13.1. The zero-order chi connectivity index (χ0) is 21.0. The van der Waals surface area contributed by atoms with E-state index >= 15 is 0 Å². The van der Waals surface area contributed by atoms with Gasteiger partial charge in [-0.15, -0.1) is 0 Å². The molecule has 0 aliphatic heterocycles. The number of hydrogen-bond donors (Lipinski definition) is 0. The summed E-state index contributed by atoms with van der Waals surface area (Å²) >= 11 is 0. The van der Waals surface area contributed by atoms with Gasteiger partial charge >= 0.3 is 13.8 Å². The molecule has 0 spiro atoms. The van der Waals surface area contributed by atoms with Crippen LogP contribution in [0.25, 0.3) is 0 Å². The molecule has 3 aromatic carbocycles. The fourth-order valence-electron chi connectivity index (χ4n) is 2.09. The molecule has 0 radical (unpaired) electrons. The fourth-order valence-corrected chi connectivity index (χ4v) is 3.34. The summed E-state index contributed by atoms with van der Waals surface area (Å²) in [6.07, 6.45) is 0. The Morgan fingerprint density at radius 3 is 1.21 bits per heavy atom. The van der Waals surface area contributed by atoms with Gasteiger partial charge in [0.2, 0.25) is 0 Å². The molecule has 0 unspecified atom stereocenters. The van der Waals surface area contributed by atoms with Crippen molar-refractivity contribution < 1.29 is 27.7 Å². The topological polar surface area (TPSA) is 71.1 Å². The van der Waals surface area contributed by atoms with E-state index in [9.17, 15) is 9.36 Å². The lowest BCUT2D eigenvalue weighted by Gasteiger charge is -2.19. The molecule has 0 atom stereocenters. The summed E-state index contributed by atoms with van der Waals surface area (Å²) in [6, 6.07) is 26.4. The Kier molecular flexibility index (Phi) is 8.80. The lowest BCUT2D eigenvalue weighted by molar-refractivity contribution is -0.140. The highest BCUT2D eigenvalue weighted by Crippen LogP contribution is 2.49. The van der Waals surface area contributed by atoms with Crippen LogP contribution >= 0.6 is 7.82 Å². The molecule has 0 aliphatic rings. The van der Waals surface area contributed by atoms with Gasteiger partial charge in [0.05, 0.1) is 6.61 Å². The van der Waals surface area contributed by atoms with Gasteiger partial charge < -0.3 is 18.3 Å². The second kappa shape index (κ2) is 11.6. The molecule has 0 amide bonds. The smallest absolute Gasteiger partial charge is 0.466 e. The summed E-state index contributed by atoms with van der Waals surface area (Å²) in [4.78, 5) is 9.82. The molecular weight excluding hydrogens is 391 g/mol. The lowest BCUT2D eigenvalue weighted by Crippen LogP contribution is -2.07. The molecule has 6 nitrogen and oxygen atoms in total. The summed E-state index contributed by atoms with van der Waals surface area (Å²) in [5.41, 5.74) is 0. The van der Waals surface area contributed by atoms with Crippen LogP contribution in [0.15, 0.2) is 91.0 Å². The number of carbonyl (C=O) groups is 1. The first-order valence-corrected chi connectivity index (χ1v) is 10.4. The Hall–Kier alpha value is -3.24. The lowest BCUT2D eigenvalue weighted by atomic mass is 10.3. The molecule has 29 heavy (non-hydrogen) atoms. The second-order valence-electron chi connectivity index (χ2n) is 5.58. The molecule has 0 heterocycles. The van der Waals surface area contributed by atoms with Gasteiger partial charge in [-0.3, -0.25) is 4.79 Å². The molecule has 0 fully saturated rings. The number of ether oxygens (including phenoxy) is 1. The number of phosphoric acid groups is 1. The predicted molar refractivity (Wildman–Crippen MR) is 111 cm³/mol. The molecule has 0 bridgehead atoms. The summed E-state index contributed by atoms with van der Waals surface area (Å²) in [7, 11) is -3.89. The van der Waals surface area contributed by atoms with Crippen LogP contribution in [0.3, 0.4) is 0 Å². The van der Waals surface area contributed by atoms with E-state index in [4.69, 9.17) is 13.6 Å². The van der Waals surface area contributed by atoms with Crippen LogP contribution in [0.2, 0.25) is 0 Å². The van der Waals surface area contributed by atoms with Crippen LogP contribution in [0.1, 0.15) is 13.8 Å². The van der Waals surface area contributed by atoms with Crippen LogP contribution in [-0.4, -0.2) is 12.6 Å². The number of rotatable bonds is 7. The van der Waals surface area contributed by atoms with E-state index in [-0.39, 0.29) is 5.97 Å². The first-order chi connectivity index (χ1) is 14.0. The van der Waals surface area contributed by atoms with E-state index in [1.807, 2.05) is 18.2 Å². The minimum absolute atomic E-state index is 0.211.